The first-order chi connectivity index (χ1) is 7.68. The largest absolute Gasteiger partial charge is 0.481 e. The maximum atomic E-state index is 10.6. The summed E-state index contributed by atoms with van der Waals surface area (Å²) in [6.07, 6.45) is 3.67. The third-order valence-corrected chi connectivity index (χ3v) is 3.06. The van der Waals surface area contributed by atoms with E-state index in [2.05, 4.69) is 32.6 Å². The van der Waals surface area contributed by atoms with Crippen LogP contribution in [0.2, 0.25) is 0 Å². The topological polar surface area (TPSA) is 66.8 Å². The summed E-state index contributed by atoms with van der Waals surface area (Å²) in [5.41, 5.74) is 0.169. The molecule has 0 saturated carbocycles. The van der Waals surface area contributed by atoms with Crippen molar-refractivity contribution in [1.82, 2.24) is 0 Å². The Hall–Kier alpha value is -0.610. The summed E-state index contributed by atoms with van der Waals surface area (Å²) in [7, 11) is 0. The van der Waals surface area contributed by atoms with Crippen LogP contribution >= 0.6 is 0 Å². The van der Waals surface area contributed by atoms with Gasteiger partial charge in [0.15, 0.2) is 0 Å². The smallest absolute Gasteiger partial charge is 0.303 e. The molecule has 0 bridgehead atoms. The Balaban J connectivity index is 4.12. The third kappa shape index (κ3) is 9.12. The summed E-state index contributed by atoms with van der Waals surface area (Å²) in [5.74, 6) is -0.732. The van der Waals surface area contributed by atoms with Crippen molar-refractivity contribution in [1.29, 1.82) is 0 Å². The minimum absolute atomic E-state index is 0.0297. The van der Waals surface area contributed by atoms with Crippen LogP contribution in [0.4, 0.5) is 0 Å². The van der Waals surface area contributed by atoms with E-state index >= 15 is 0 Å². The molecule has 0 radical (unpaired) electrons. The van der Waals surface area contributed by atoms with Gasteiger partial charge >= 0.3 is 5.97 Å². The van der Waals surface area contributed by atoms with E-state index in [1.54, 1.807) is 0 Å². The molecule has 0 aliphatic rings. The standard InChI is InChI=1S/C13H26O4/c1-12(2,7-5-9-17-16)10-13(3,4)8-6-11(14)15/h16H,5-10H2,1-4H3,(H,14,15). The lowest BCUT2D eigenvalue weighted by Gasteiger charge is -2.35. The summed E-state index contributed by atoms with van der Waals surface area (Å²) in [4.78, 5) is 14.6. The zero-order valence-electron chi connectivity index (χ0n) is 11.5. The highest BCUT2D eigenvalue weighted by atomic mass is 17.1. The second-order valence-electron chi connectivity index (χ2n) is 6.34. The summed E-state index contributed by atoms with van der Waals surface area (Å²) in [5, 5.41) is 17.0. The maximum absolute atomic E-state index is 10.6. The van der Waals surface area contributed by atoms with E-state index in [1.807, 2.05) is 0 Å². The number of carboxylic acid groups (broad SMARTS) is 1. The fourth-order valence-electron chi connectivity index (χ4n) is 2.53. The van der Waals surface area contributed by atoms with Crippen molar-refractivity contribution < 1.29 is 20.0 Å². The predicted molar refractivity (Wildman–Crippen MR) is 66.9 cm³/mol. The summed E-state index contributed by atoms with van der Waals surface area (Å²) in [6.45, 7) is 8.93. The van der Waals surface area contributed by atoms with Crippen molar-refractivity contribution in [3.63, 3.8) is 0 Å². The van der Waals surface area contributed by atoms with Gasteiger partial charge in [-0.25, -0.2) is 4.89 Å². The Bertz CT molecular complexity index is 234. The number of carbonyl (C=O) groups is 1. The molecule has 0 unspecified atom stereocenters. The van der Waals surface area contributed by atoms with Gasteiger partial charge in [-0.05, 0) is 36.5 Å². The lowest BCUT2D eigenvalue weighted by atomic mass is 9.71. The van der Waals surface area contributed by atoms with Crippen LogP contribution in [0.3, 0.4) is 0 Å². The number of rotatable bonds is 9. The molecular weight excluding hydrogens is 220 g/mol. The normalized spacial score (nSPS) is 12.8. The molecule has 0 spiro atoms. The summed E-state index contributed by atoms with van der Waals surface area (Å²) in [6, 6.07) is 0. The zero-order valence-corrected chi connectivity index (χ0v) is 11.5. The van der Waals surface area contributed by atoms with E-state index in [-0.39, 0.29) is 17.3 Å². The molecular formula is C13H26O4. The maximum Gasteiger partial charge on any atom is 0.303 e. The molecule has 0 heterocycles. The minimum Gasteiger partial charge on any atom is -0.481 e. The van der Waals surface area contributed by atoms with Gasteiger partial charge in [-0.15, -0.1) is 0 Å². The highest BCUT2D eigenvalue weighted by Gasteiger charge is 2.28. The summed E-state index contributed by atoms with van der Waals surface area (Å²) < 4.78 is 0. The molecule has 0 atom stereocenters. The van der Waals surface area contributed by atoms with Crippen molar-refractivity contribution >= 4 is 5.97 Å². The lowest BCUT2D eigenvalue weighted by molar-refractivity contribution is -0.243. The van der Waals surface area contributed by atoms with Crippen LogP contribution in [0, 0.1) is 10.8 Å². The van der Waals surface area contributed by atoms with E-state index in [0.29, 0.717) is 13.0 Å². The molecule has 0 aliphatic carbocycles. The van der Waals surface area contributed by atoms with Crippen LogP contribution in [-0.2, 0) is 9.68 Å². The van der Waals surface area contributed by atoms with E-state index in [4.69, 9.17) is 10.4 Å². The van der Waals surface area contributed by atoms with Gasteiger partial charge in [0, 0.05) is 6.42 Å². The van der Waals surface area contributed by atoms with Crippen molar-refractivity contribution in [3.8, 4) is 0 Å². The van der Waals surface area contributed by atoms with Crippen molar-refractivity contribution in [2.45, 2.75) is 59.8 Å². The van der Waals surface area contributed by atoms with Gasteiger partial charge in [0.05, 0.1) is 6.61 Å². The Morgan fingerprint density at radius 1 is 1.12 bits per heavy atom. The second kappa shape index (κ2) is 6.97. The first kappa shape index (κ1) is 16.4. The van der Waals surface area contributed by atoms with Gasteiger partial charge in [-0.2, -0.15) is 0 Å². The summed E-state index contributed by atoms with van der Waals surface area (Å²) >= 11 is 0. The number of hydrogen-bond donors (Lipinski definition) is 2. The molecule has 0 fully saturated rings. The molecule has 0 saturated heterocycles. The molecule has 17 heavy (non-hydrogen) atoms. The molecule has 4 heteroatoms. The SMILES string of the molecule is CC(C)(CCCOO)CC(C)(C)CCC(=O)O. The molecule has 102 valence electrons. The van der Waals surface area contributed by atoms with Crippen molar-refractivity contribution in [2.24, 2.45) is 10.8 Å². The third-order valence-electron chi connectivity index (χ3n) is 3.06. The molecule has 4 nitrogen and oxygen atoms in total. The molecule has 2 N–H and O–H groups in total. The average molecular weight is 246 g/mol. The quantitative estimate of drug-likeness (QED) is 0.371. The van der Waals surface area contributed by atoms with Crippen LogP contribution in [0.25, 0.3) is 0 Å². The van der Waals surface area contributed by atoms with Crippen LogP contribution in [0.1, 0.15) is 59.8 Å². The highest BCUT2D eigenvalue weighted by Crippen LogP contribution is 2.39. The van der Waals surface area contributed by atoms with Gasteiger partial charge < -0.3 is 5.11 Å². The van der Waals surface area contributed by atoms with Crippen LogP contribution in [-0.4, -0.2) is 22.9 Å². The number of hydrogen-bond acceptors (Lipinski definition) is 3. The lowest BCUT2D eigenvalue weighted by Crippen LogP contribution is -2.24. The Morgan fingerprint density at radius 3 is 2.12 bits per heavy atom. The Labute approximate surface area is 104 Å². The van der Waals surface area contributed by atoms with Gasteiger partial charge in [-0.3, -0.25) is 10.1 Å². The molecule has 0 aromatic carbocycles. The second-order valence-corrected chi connectivity index (χ2v) is 6.34. The van der Waals surface area contributed by atoms with E-state index in [1.165, 1.54) is 0 Å². The van der Waals surface area contributed by atoms with Gasteiger partial charge in [0.25, 0.3) is 0 Å². The van der Waals surface area contributed by atoms with Gasteiger partial charge in [0.2, 0.25) is 0 Å². The molecule has 0 aliphatic heterocycles. The van der Waals surface area contributed by atoms with E-state index in [9.17, 15) is 4.79 Å². The van der Waals surface area contributed by atoms with E-state index in [0.717, 1.165) is 19.3 Å². The van der Waals surface area contributed by atoms with Crippen molar-refractivity contribution in [2.75, 3.05) is 6.61 Å². The van der Waals surface area contributed by atoms with Gasteiger partial charge in [-0.1, -0.05) is 27.7 Å². The first-order valence-corrected chi connectivity index (χ1v) is 6.17. The predicted octanol–water partition coefficient (Wildman–Crippen LogP) is 3.56. The highest BCUT2D eigenvalue weighted by molar-refractivity contribution is 5.66. The van der Waals surface area contributed by atoms with Crippen molar-refractivity contribution in [3.05, 3.63) is 0 Å². The zero-order chi connectivity index (χ0) is 13.5. The van der Waals surface area contributed by atoms with Crippen LogP contribution in [0.15, 0.2) is 0 Å². The average Bonchev–Trinajstić information content (AvgIpc) is 2.13. The Kier molecular flexibility index (Phi) is 6.72. The van der Waals surface area contributed by atoms with Crippen LogP contribution in [0.5, 0.6) is 0 Å². The molecule has 0 amide bonds. The van der Waals surface area contributed by atoms with Crippen LogP contribution < -0.4 is 0 Å². The molecule has 0 aromatic heterocycles. The van der Waals surface area contributed by atoms with E-state index < -0.39 is 5.97 Å². The minimum atomic E-state index is -0.732. The molecule has 0 aromatic rings. The Morgan fingerprint density at radius 2 is 1.65 bits per heavy atom. The number of aliphatic carboxylic acids is 1. The fourth-order valence-corrected chi connectivity index (χ4v) is 2.53. The molecule has 0 rings (SSSR count). The fraction of sp³-hybridized carbons (Fsp3) is 0.923. The first-order valence-electron chi connectivity index (χ1n) is 6.17. The number of carboxylic acids is 1. The van der Waals surface area contributed by atoms with Gasteiger partial charge in [0.1, 0.15) is 0 Å². The monoisotopic (exact) mass is 246 g/mol.